The van der Waals surface area contributed by atoms with Crippen molar-refractivity contribution in [3.8, 4) is 0 Å². The molecule has 1 heterocycles. The number of carbonyl (C=O) groups is 1. The molecule has 1 aliphatic carbocycles. The number of nitrogens with two attached hydrogens (primary N) is 1. The van der Waals surface area contributed by atoms with Crippen LogP contribution in [-0.2, 0) is 11.3 Å². The zero-order chi connectivity index (χ0) is 9.97. The van der Waals surface area contributed by atoms with Gasteiger partial charge in [-0.1, -0.05) is 0 Å². The first-order chi connectivity index (χ1) is 6.75. The summed E-state index contributed by atoms with van der Waals surface area (Å²) in [5.41, 5.74) is 6.64. The molecule has 1 aliphatic rings. The van der Waals surface area contributed by atoms with E-state index < -0.39 is 0 Å². The minimum absolute atomic E-state index is 0.126. The predicted molar refractivity (Wildman–Crippen MR) is 53.3 cm³/mol. The summed E-state index contributed by atoms with van der Waals surface area (Å²) in [6, 6.07) is 4.10. The molecule has 4 heteroatoms. The van der Waals surface area contributed by atoms with Gasteiger partial charge in [0.2, 0.25) is 5.91 Å². The van der Waals surface area contributed by atoms with Crippen LogP contribution in [-0.4, -0.2) is 16.9 Å². The third-order valence-electron chi connectivity index (χ3n) is 2.66. The van der Waals surface area contributed by atoms with Gasteiger partial charge in [-0.25, -0.2) is 0 Å². The first-order valence-electron chi connectivity index (χ1n) is 4.91. The van der Waals surface area contributed by atoms with Crippen LogP contribution in [0.15, 0.2) is 18.3 Å². The lowest BCUT2D eigenvalue weighted by Gasteiger charge is -2.30. The van der Waals surface area contributed by atoms with E-state index in [0.717, 1.165) is 18.5 Å². The molecule has 0 radical (unpaired) electrons. The van der Waals surface area contributed by atoms with Gasteiger partial charge in [-0.15, -0.1) is 0 Å². The Balaban J connectivity index is 1.73. The van der Waals surface area contributed by atoms with E-state index in [1.165, 1.54) is 0 Å². The van der Waals surface area contributed by atoms with Crippen LogP contribution in [0.1, 0.15) is 18.5 Å². The molecule has 0 saturated heterocycles. The number of rotatable bonds is 3. The highest BCUT2D eigenvalue weighted by Gasteiger charge is 2.31. The molecule has 1 aromatic heterocycles. The second-order valence-electron chi connectivity index (χ2n) is 3.84. The van der Waals surface area contributed by atoms with E-state index in [2.05, 4.69) is 10.3 Å². The number of carbonyl (C=O) groups excluding carboxylic acids is 1. The first-order valence-corrected chi connectivity index (χ1v) is 4.91. The fourth-order valence-corrected chi connectivity index (χ4v) is 1.68. The van der Waals surface area contributed by atoms with Gasteiger partial charge in [-0.05, 0) is 25.0 Å². The molecule has 1 saturated carbocycles. The molecule has 1 aromatic rings. The number of nitrogens with one attached hydrogen (secondary N) is 2. The Kier molecular flexibility index (Phi) is 2.54. The van der Waals surface area contributed by atoms with Crippen LogP contribution in [0.2, 0.25) is 0 Å². The van der Waals surface area contributed by atoms with Crippen molar-refractivity contribution in [1.82, 2.24) is 10.3 Å². The first kappa shape index (κ1) is 9.27. The van der Waals surface area contributed by atoms with Crippen molar-refractivity contribution in [2.24, 2.45) is 11.7 Å². The quantitative estimate of drug-likeness (QED) is 0.649. The molecule has 0 bridgehead atoms. The summed E-state index contributed by atoms with van der Waals surface area (Å²) < 4.78 is 0. The third kappa shape index (κ3) is 1.96. The Labute approximate surface area is 82.9 Å². The van der Waals surface area contributed by atoms with Crippen LogP contribution in [0.3, 0.4) is 0 Å². The summed E-state index contributed by atoms with van der Waals surface area (Å²) in [5, 5.41) is 2.88. The minimum atomic E-state index is 0.126. The molecule has 0 aromatic carbocycles. The summed E-state index contributed by atoms with van der Waals surface area (Å²) >= 11 is 0. The normalized spacial score (nSPS) is 25.5. The molecule has 0 atom stereocenters. The highest BCUT2D eigenvalue weighted by atomic mass is 16.1. The van der Waals surface area contributed by atoms with Crippen molar-refractivity contribution in [1.29, 1.82) is 0 Å². The van der Waals surface area contributed by atoms with Crippen LogP contribution in [0, 0.1) is 5.92 Å². The van der Waals surface area contributed by atoms with Crippen LogP contribution < -0.4 is 11.1 Å². The predicted octanol–water partition coefficient (Wildman–Crippen LogP) is 0.368. The molecule has 0 unspecified atom stereocenters. The molecular weight excluding hydrogens is 178 g/mol. The van der Waals surface area contributed by atoms with Gasteiger partial charge in [0.05, 0.1) is 6.54 Å². The largest absolute Gasteiger partial charge is 0.364 e. The maximum Gasteiger partial charge on any atom is 0.223 e. The van der Waals surface area contributed by atoms with E-state index in [-0.39, 0.29) is 17.9 Å². The monoisotopic (exact) mass is 193 g/mol. The summed E-state index contributed by atoms with van der Waals surface area (Å²) in [4.78, 5) is 14.5. The molecule has 1 amide bonds. The van der Waals surface area contributed by atoms with Gasteiger partial charge in [0, 0.05) is 23.9 Å². The van der Waals surface area contributed by atoms with E-state index in [4.69, 9.17) is 5.73 Å². The van der Waals surface area contributed by atoms with E-state index in [1.54, 1.807) is 0 Å². The number of hydrogen-bond acceptors (Lipinski definition) is 2. The summed E-state index contributed by atoms with van der Waals surface area (Å²) in [5.74, 6) is 0.265. The topological polar surface area (TPSA) is 70.9 Å². The Morgan fingerprint density at radius 3 is 3.00 bits per heavy atom. The van der Waals surface area contributed by atoms with E-state index in [1.807, 2.05) is 18.3 Å². The van der Waals surface area contributed by atoms with Gasteiger partial charge >= 0.3 is 0 Å². The summed E-state index contributed by atoms with van der Waals surface area (Å²) in [6.45, 7) is 0.581. The maximum absolute atomic E-state index is 11.5. The Bertz CT molecular complexity index is 301. The van der Waals surface area contributed by atoms with Gasteiger partial charge in [-0.2, -0.15) is 0 Å². The van der Waals surface area contributed by atoms with Crippen molar-refractivity contribution in [2.45, 2.75) is 25.4 Å². The standard InChI is InChI=1S/C10H15N3O/c11-8-4-7(5-8)10(14)13-6-9-2-1-3-12-9/h1-3,7-8,12H,4-6,11H2,(H,13,14). The lowest BCUT2D eigenvalue weighted by atomic mass is 9.80. The average Bonchev–Trinajstić information content (AvgIpc) is 2.61. The van der Waals surface area contributed by atoms with Crippen molar-refractivity contribution in [3.05, 3.63) is 24.0 Å². The van der Waals surface area contributed by atoms with Gasteiger partial charge in [0.25, 0.3) is 0 Å². The van der Waals surface area contributed by atoms with Gasteiger partial charge in [-0.3, -0.25) is 4.79 Å². The molecule has 14 heavy (non-hydrogen) atoms. The molecule has 2 rings (SSSR count). The van der Waals surface area contributed by atoms with E-state index >= 15 is 0 Å². The second-order valence-corrected chi connectivity index (χ2v) is 3.84. The SMILES string of the molecule is NC1CC(C(=O)NCc2ccc[nH]2)C1. The lowest BCUT2D eigenvalue weighted by molar-refractivity contribution is -0.128. The highest BCUT2D eigenvalue weighted by Crippen LogP contribution is 2.25. The number of aromatic nitrogens is 1. The number of aromatic amines is 1. The molecule has 0 aliphatic heterocycles. The minimum Gasteiger partial charge on any atom is -0.364 e. The van der Waals surface area contributed by atoms with Crippen molar-refractivity contribution < 1.29 is 4.79 Å². The molecule has 1 fully saturated rings. The van der Waals surface area contributed by atoms with E-state index in [9.17, 15) is 4.79 Å². The highest BCUT2D eigenvalue weighted by molar-refractivity contribution is 5.79. The fourth-order valence-electron chi connectivity index (χ4n) is 1.68. The van der Waals surface area contributed by atoms with Crippen LogP contribution in [0.4, 0.5) is 0 Å². The zero-order valence-electron chi connectivity index (χ0n) is 7.99. The zero-order valence-corrected chi connectivity index (χ0v) is 7.99. The number of amides is 1. The van der Waals surface area contributed by atoms with Crippen LogP contribution in [0.5, 0.6) is 0 Å². The Morgan fingerprint density at radius 2 is 2.43 bits per heavy atom. The number of H-pyrrole nitrogens is 1. The van der Waals surface area contributed by atoms with Gasteiger partial charge in [0.1, 0.15) is 0 Å². The summed E-state index contributed by atoms with van der Waals surface area (Å²) in [7, 11) is 0. The molecule has 4 N–H and O–H groups in total. The van der Waals surface area contributed by atoms with Crippen molar-refractivity contribution in [2.75, 3.05) is 0 Å². The van der Waals surface area contributed by atoms with Crippen molar-refractivity contribution in [3.63, 3.8) is 0 Å². The second kappa shape index (κ2) is 3.84. The van der Waals surface area contributed by atoms with Crippen molar-refractivity contribution >= 4 is 5.91 Å². The Hall–Kier alpha value is -1.29. The Morgan fingerprint density at radius 1 is 1.64 bits per heavy atom. The molecule has 0 spiro atoms. The maximum atomic E-state index is 11.5. The third-order valence-corrected chi connectivity index (χ3v) is 2.66. The van der Waals surface area contributed by atoms with Gasteiger partial charge < -0.3 is 16.0 Å². The van der Waals surface area contributed by atoms with Crippen LogP contribution >= 0.6 is 0 Å². The van der Waals surface area contributed by atoms with Gasteiger partial charge in [0.15, 0.2) is 0 Å². The molecular formula is C10H15N3O. The fraction of sp³-hybridized carbons (Fsp3) is 0.500. The summed E-state index contributed by atoms with van der Waals surface area (Å²) in [6.07, 6.45) is 3.51. The average molecular weight is 193 g/mol. The molecule has 4 nitrogen and oxygen atoms in total. The van der Waals surface area contributed by atoms with Crippen LogP contribution in [0.25, 0.3) is 0 Å². The number of hydrogen-bond donors (Lipinski definition) is 3. The lowest BCUT2D eigenvalue weighted by Crippen LogP contribution is -2.44. The smallest absolute Gasteiger partial charge is 0.223 e. The molecule has 76 valence electrons. The van der Waals surface area contributed by atoms with E-state index in [0.29, 0.717) is 6.54 Å².